The molecule has 0 bridgehead atoms. The number of benzene rings is 2. The van der Waals surface area contributed by atoms with Crippen molar-refractivity contribution in [2.75, 3.05) is 26.8 Å². The summed E-state index contributed by atoms with van der Waals surface area (Å²) in [5.41, 5.74) is 3.53. The number of aliphatic hydroxyl groups excluding tert-OH is 1. The van der Waals surface area contributed by atoms with Gasteiger partial charge in [0.05, 0.1) is 25.8 Å². The molecule has 1 aromatic heterocycles. The van der Waals surface area contributed by atoms with Gasteiger partial charge in [0.1, 0.15) is 18.0 Å². The van der Waals surface area contributed by atoms with Crippen LogP contribution >= 0.6 is 0 Å². The van der Waals surface area contributed by atoms with Gasteiger partial charge in [0.15, 0.2) is 0 Å². The van der Waals surface area contributed by atoms with Gasteiger partial charge in [-0.25, -0.2) is 0 Å². The number of amides is 2. The second-order valence-corrected chi connectivity index (χ2v) is 8.40. The first-order chi connectivity index (χ1) is 16.1. The van der Waals surface area contributed by atoms with E-state index >= 15 is 0 Å². The van der Waals surface area contributed by atoms with Gasteiger partial charge in [-0.05, 0) is 41.0 Å². The molecule has 0 unspecified atom stereocenters. The van der Waals surface area contributed by atoms with Crippen LogP contribution in [0.2, 0.25) is 0 Å². The van der Waals surface area contributed by atoms with E-state index in [1.807, 2.05) is 36.4 Å². The summed E-state index contributed by atoms with van der Waals surface area (Å²) in [6, 6.07) is 20.8. The van der Waals surface area contributed by atoms with Crippen molar-refractivity contribution in [2.45, 2.75) is 18.0 Å². The molecule has 2 amide bonds. The van der Waals surface area contributed by atoms with Crippen LogP contribution in [0, 0.1) is 0 Å². The number of aliphatic hydroxyl groups is 1. The Bertz CT molecular complexity index is 1150. The van der Waals surface area contributed by atoms with E-state index in [9.17, 15) is 14.7 Å². The largest absolute Gasteiger partial charge is 0.497 e. The molecule has 2 aliphatic rings. The molecule has 2 aromatic carbocycles. The van der Waals surface area contributed by atoms with Gasteiger partial charge in [0.2, 0.25) is 5.91 Å². The first-order valence-electron chi connectivity index (χ1n) is 11.0. The molecule has 5 rings (SSSR count). The van der Waals surface area contributed by atoms with Gasteiger partial charge in [0, 0.05) is 18.7 Å². The van der Waals surface area contributed by atoms with Gasteiger partial charge in [-0.15, -0.1) is 0 Å². The van der Waals surface area contributed by atoms with Crippen LogP contribution in [0.3, 0.4) is 0 Å². The number of nitrogens with zero attached hydrogens (tertiary/aromatic N) is 3. The highest BCUT2D eigenvalue weighted by molar-refractivity contribution is 5.96. The predicted molar refractivity (Wildman–Crippen MR) is 123 cm³/mol. The maximum atomic E-state index is 12.9. The van der Waals surface area contributed by atoms with Crippen LogP contribution in [0.1, 0.15) is 22.0 Å². The summed E-state index contributed by atoms with van der Waals surface area (Å²) in [5, 5.41) is 10.0. The minimum atomic E-state index is -0.276. The molecule has 3 heterocycles. The molecule has 0 aliphatic carbocycles. The van der Waals surface area contributed by atoms with E-state index in [2.05, 4.69) is 17.1 Å². The van der Waals surface area contributed by atoms with Crippen LogP contribution in [0.25, 0.3) is 11.1 Å². The van der Waals surface area contributed by atoms with Crippen molar-refractivity contribution in [3.8, 4) is 16.9 Å². The highest BCUT2D eigenvalue weighted by atomic mass is 16.5. The molecule has 2 aliphatic heterocycles. The Balaban J connectivity index is 1.37. The number of fused-ring (bicyclic) bond motifs is 1. The lowest BCUT2D eigenvalue weighted by Crippen LogP contribution is -2.73. The Labute approximate surface area is 192 Å². The van der Waals surface area contributed by atoms with Crippen molar-refractivity contribution < 1.29 is 19.4 Å². The van der Waals surface area contributed by atoms with Crippen LogP contribution in [-0.2, 0) is 4.79 Å². The third-order valence-electron chi connectivity index (χ3n) is 6.64. The number of carbonyl (C=O) groups is 2. The van der Waals surface area contributed by atoms with E-state index < -0.39 is 0 Å². The fourth-order valence-electron chi connectivity index (χ4n) is 4.99. The molecule has 3 atom stereocenters. The molecule has 7 nitrogen and oxygen atoms in total. The molecule has 1 N–H and O–H groups in total. The van der Waals surface area contributed by atoms with Crippen LogP contribution in [0.4, 0.5) is 0 Å². The molecule has 33 heavy (non-hydrogen) atoms. The molecular weight excluding hydrogens is 418 g/mol. The van der Waals surface area contributed by atoms with Crippen molar-refractivity contribution in [3.63, 3.8) is 0 Å². The second-order valence-electron chi connectivity index (χ2n) is 8.40. The quantitative estimate of drug-likeness (QED) is 0.655. The number of rotatable bonds is 5. The summed E-state index contributed by atoms with van der Waals surface area (Å²) in [7, 11) is 1.64. The van der Waals surface area contributed by atoms with E-state index in [1.165, 1.54) is 0 Å². The minimum Gasteiger partial charge on any atom is -0.497 e. The number of hydrogen-bond donors (Lipinski definition) is 1. The van der Waals surface area contributed by atoms with Crippen molar-refractivity contribution in [1.29, 1.82) is 0 Å². The fourth-order valence-corrected chi connectivity index (χ4v) is 4.99. The SMILES string of the molecule is COc1ccc(-c2ccc([C@H]3[C@H]4CN(C(=O)c5ccccn5)CC(=O)N4[C@H]3CO)cc2)cc1. The molecule has 7 heteroatoms. The molecule has 0 radical (unpaired) electrons. The van der Waals surface area contributed by atoms with Crippen molar-refractivity contribution in [1.82, 2.24) is 14.8 Å². The third kappa shape index (κ3) is 3.74. The smallest absolute Gasteiger partial charge is 0.272 e. The number of pyridine rings is 1. The normalized spacial score (nSPS) is 21.9. The Morgan fingerprint density at radius 3 is 2.36 bits per heavy atom. The highest BCUT2D eigenvalue weighted by Crippen LogP contribution is 2.43. The van der Waals surface area contributed by atoms with Gasteiger partial charge in [-0.3, -0.25) is 14.6 Å². The van der Waals surface area contributed by atoms with Gasteiger partial charge in [-0.1, -0.05) is 42.5 Å². The third-order valence-corrected chi connectivity index (χ3v) is 6.64. The van der Waals surface area contributed by atoms with Crippen molar-refractivity contribution in [2.24, 2.45) is 0 Å². The van der Waals surface area contributed by atoms with Crippen LogP contribution < -0.4 is 4.74 Å². The molecule has 168 valence electrons. The van der Waals surface area contributed by atoms with Crippen LogP contribution in [-0.4, -0.2) is 70.6 Å². The number of piperazine rings is 1. The summed E-state index contributed by atoms with van der Waals surface area (Å²) in [6.07, 6.45) is 1.57. The number of methoxy groups -OCH3 is 1. The Hall–Kier alpha value is -3.71. The predicted octanol–water partition coefficient (Wildman–Crippen LogP) is 2.57. The van der Waals surface area contributed by atoms with E-state index in [0.29, 0.717) is 12.2 Å². The van der Waals surface area contributed by atoms with Gasteiger partial charge >= 0.3 is 0 Å². The lowest BCUT2D eigenvalue weighted by Gasteiger charge is -2.58. The van der Waals surface area contributed by atoms with Crippen molar-refractivity contribution >= 4 is 11.8 Å². The summed E-state index contributed by atoms with van der Waals surface area (Å²) in [4.78, 5) is 33.2. The monoisotopic (exact) mass is 443 g/mol. The van der Waals surface area contributed by atoms with Gasteiger partial charge < -0.3 is 19.6 Å². The summed E-state index contributed by atoms with van der Waals surface area (Å²) in [6.45, 7) is 0.315. The molecule has 3 aromatic rings. The zero-order valence-electron chi connectivity index (χ0n) is 18.3. The standard InChI is InChI=1S/C26H25N3O4/c1-33-20-11-9-18(10-12-20)17-5-7-19(8-6-17)25-22-14-28(15-24(31)29(22)23(25)16-30)26(32)21-4-2-3-13-27-21/h2-13,22-23,25,30H,14-16H2,1H3/t22-,23+,25+/m1/s1. The van der Waals surface area contributed by atoms with Crippen LogP contribution in [0.15, 0.2) is 72.9 Å². The average molecular weight is 444 g/mol. The molecule has 2 saturated heterocycles. The van der Waals surface area contributed by atoms with E-state index in [1.54, 1.807) is 41.3 Å². The summed E-state index contributed by atoms with van der Waals surface area (Å²) >= 11 is 0. The topological polar surface area (TPSA) is 83.0 Å². The number of hydrogen-bond acceptors (Lipinski definition) is 5. The van der Waals surface area contributed by atoms with Crippen molar-refractivity contribution in [3.05, 3.63) is 84.2 Å². The Kier molecular flexibility index (Phi) is 5.56. The maximum absolute atomic E-state index is 12.9. The van der Waals surface area contributed by atoms with Crippen LogP contribution in [0.5, 0.6) is 5.75 Å². The zero-order valence-corrected chi connectivity index (χ0v) is 18.3. The second kappa shape index (κ2) is 8.67. The van der Waals surface area contributed by atoms with E-state index in [-0.39, 0.29) is 43.0 Å². The first-order valence-corrected chi connectivity index (χ1v) is 11.0. The lowest BCUT2D eigenvalue weighted by atomic mass is 9.73. The average Bonchev–Trinajstić information content (AvgIpc) is 2.86. The number of ether oxygens (including phenoxy) is 1. The number of aromatic nitrogens is 1. The molecule has 0 saturated carbocycles. The minimum absolute atomic E-state index is 0.00549. The van der Waals surface area contributed by atoms with Gasteiger partial charge in [-0.2, -0.15) is 0 Å². The Morgan fingerprint density at radius 1 is 1.06 bits per heavy atom. The Morgan fingerprint density at radius 2 is 1.76 bits per heavy atom. The summed E-state index contributed by atoms with van der Waals surface area (Å²) < 4.78 is 5.23. The summed E-state index contributed by atoms with van der Waals surface area (Å²) in [5.74, 6) is 0.385. The van der Waals surface area contributed by atoms with E-state index in [0.717, 1.165) is 22.4 Å². The highest BCUT2D eigenvalue weighted by Gasteiger charge is 2.54. The fraction of sp³-hybridized carbons (Fsp3) is 0.269. The first kappa shape index (κ1) is 21.2. The molecular formula is C26H25N3O4. The van der Waals surface area contributed by atoms with E-state index in [4.69, 9.17) is 4.74 Å². The van der Waals surface area contributed by atoms with Gasteiger partial charge in [0.25, 0.3) is 5.91 Å². The molecule has 2 fully saturated rings. The number of carbonyl (C=O) groups excluding carboxylic acids is 2. The maximum Gasteiger partial charge on any atom is 0.272 e. The lowest BCUT2D eigenvalue weighted by molar-refractivity contribution is -0.159. The zero-order chi connectivity index (χ0) is 22.9. The molecule has 0 spiro atoms.